The van der Waals surface area contributed by atoms with E-state index < -0.39 is 16.0 Å². The van der Waals surface area contributed by atoms with Crippen molar-refractivity contribution in [3.63, 3.8) is 0 Å². The number of nitrogens with zero attached hydrogens (tertiary/aromatic N) is 1. The quantitative estimate of drug-likeness (QED) is 0.763. The van der Waals surface area contributed by atoms with Gasteiger partial charge >= 0.3 is 5.97 Å². The summed E-state index contributed by atoms with van der Waals surface area (Å²) in [6.07, 6.45) is 0. The van der Waals surface area contributed by atoms with Gasteiger partial charge in [-0.1, -0.05) is 19.9 Å². The Morgan fingerprint density at radius 2 is 1.96 bits per heavy atom. The Morgan fingerprint density at radius 3 is 2.48 bits per heavy atom. The highest BCUT2D eigenvalue weighted by Gasteiger charge is 2.29. The molecular weight excluding hydrogens is 316 g/mol. The van der Waals surface area contributed by atoms with Crippen molar-refractivity contribution < 1.29 is 17.9 Å². The molecule has 0 amide bonds. The van der Waals surface area contributed by atoms with Gasteiger partial charge in [-0.25, -0.2) is 17.5 Å². The molecule has 130 valence electrons. The van der Waals surface area contributed by atoms with Crippen LogP contribution >= 0.6 is 0 Å². The van der Waals surface area contributed by atoms with E-state index in [0.29, 0.717) is 12.1 Å². The minimum absolute atomic E-state index is 0.110. The third kappa shape index (κ3) is 4.76. The first-order valence-corrected chi connectivity index (χ1v) is 8.93. The molecule has 0 aromatic heterocycles. The number of nitrogens with two attached hydrogens (primary N) is 1. The SMILES string of the molecule is CCOC(=O)c1ccc(C)c(S(=O)(=O)N(C)CC(C)(C)CN)c1. The van der Waals surface area contributed by atoms with Crippen LogP contribution in [0.4, 0.5) is 0 Å². The van der Waals surface area contributed by atoms with Gasteiger partial charge in [0.15, 0.2) is 0 Å². The summed E-state index contributed by atoms with van der Waals surface area (Å²) < 4.78 is 31.8. The second-order valence-corrected chi connectivity index (χ2v) is 8.34. The summed E-state index contributed by atoms with van der Waals surface area (Å²) in [6.45, 7) is 8.10. The third-order valence-corrected chi connectivity index (χ3v) is 5.54. The van der Waals surface area contributed by atoms with Gasteiger partial charge < -0.3 is 10.5 Å². The normalized spacial score (nSPS) is 12.5. The Hall–Kier alpha value is -1.44. The van der Waals surface area contributed by atoms with Crippen LogP contribution in [-0.4, -0.2) is 45.4 Å². The predicted molar refractivity (Wildman–Crippen MR) is 89.8 cm³/mol. The van der Waals surface area contributed by atoms with Crippen LogP contribution in [0.3, 0.4) is 0 Å². The van der Waals surface area contributed by atoms with E-state index in [1.54, 1.807) is 26.0 Å². The van der Waals surface area contributed by atoms with E-state index in [4.69, 9.17) is 10.5 Å². The Morgan fingerprint density at radius 1 is 1.35 bits per heavy atom. The number of sulfonamides is 1. The lowest BCUT2D eigenvalue weighted by Crippen LogP contribution is -2.40. The molecule has 1 rings (SSSR count). The van der Waals surface area contributed by atoms with Crippen molar-refractivity contribution in [2.75, 3.05) is 26.7 Å². The molecule has 0 aliphatic heterocycles. The second kappa shape index (κ2) is 7.42. The van der Waals surface area contributed by atoms with Crippen molar-refractivity contribution in [3.8, 4) is 0 Å². The van der Waals surface area contributed by atoms with E-state index in [9.17, 15) is 13.2 Å². The summed E-state index contributed by atoms with van der Waals surface area (Å²) in [5.74, 6) is -0.533. The molecule has 7 heteroatoms. The van der Waals surface area contributed by atoms with Crippen LogP contribution in [0.2, 0.25) is 0 Å². The van der Waals surface area contributed by atoms with Crippen LogP contribution in [0, 0.1) is 12.3 Å². The minimum atomic E-state index is -3.71. The van der Waals surface area contributed by atoms with Crippen molar-refractivity contribution in [3.05, 3.63) is 29.3 Å². The first-order valence-electron chi connectivity index (χ1n) is 7.49. The van der Waals surface area contributed by atoms with Gasteiger partial charge in [0.25, 0.3) is 0 Å². The molecule has 0 heterocycles. The summed E-state index contributed by atoms with van der Waals surface area (Å²) in [7, 11) is -2.20. The number of benzene rings is 1. The summed E-state index contributed by atoms with van der Waals surface area (Å²) in [6, 6.07) is 4.55. The van der Waals surface area contributed by atoms with Crippen molar-refractivity contribution in [2.24, 2.45) is 11.1 Å². The van der Waals surface area contributed by atoms with E-state index in [1.165, 1.54) is 17.4 Å². The number of ether oxygens (including phenoxy) is 1. The summed E-state index contributed by atoms with van der Waals surface area (Å²) in [5, 5.41) is 0. The number of hydrogen-bond acceptors (Lipinski definition) is 5. The smallest absolute Gasteiger partial charge is 0.338 e. The zero-order chi connectivity index (χ0) is 17.8. The fraction of sp³-hybridized carbons (Fsp3) is 0.562. The zero-order valence-corrected chi connectivity index (χ0v) is 15.2. The first kappa shape index (κ1) is 19.6. The van der Waals surface area contributed by atoms with Crippen LogP contribution in [0.25, 0.3) is 0 Å². The first-order chi connectivity index (χ1) is 10.5. The second-order valence-electron chi connectivity index (χ2n) is 6.33. The van der Waals surface area contributed by atoms with Gasteiger partial charge in [-0.15, -0.1) is 0 Å². The monoisotopic (exact) mass is 342 g/mol. The highest BCUT2D eigenvalue weighted by Crippen LogP contribution is 2.24. The van der Waals surface area contributed by atoms with Gasteiger partial charge in [0, 0.05) is 13.6 Å². The molecule has 23 heavy (non-hydrogen) atoms. The fourth-order valence-corrected chi connectivity index (χ4v) is 3.75. The van der Waals surface area contributed by atoms with Crippen molar-refractivity contribution in [1.82, 2.24) is 4.31 Å². The number of esters is 1. The number of carbonyl (C=O) groups excluding carboxylic acids is 1. The number of rotatable bonds is 7. The Kier molecular flexibility index (Phi) is 6.33. The number of aryl methyl sites for hydroxylation is 1. The van der Waals surface area contributed by atoms with Gasteiger partial charge in [-0.05, 0) is 43.5 Å². The molecule has 0 aliphatic carbocycles. The molecule has 0 aliphatic rings. The van der Waals surface area contributed by atoms with Gasteiger partial charge in [-0.2, -0.15) is 0 Å². The average molecular weight is 342 g/mol. The number of carbonyl (C=O) groups is 1. The van der Waals surface area contributed by atoms with E-state index in [1.807, 2.05) is 13.8 Å². The van der Waals surface area contributed by atoms with Gasteiger partial charge in [0.1, 0.15) is 0 Å². The van der Waals surface area contributed by atoms with E-state index in [0.717, 1.165) is 0 Å². The highest BCUT2D eigenvalue weighted by molar-refractivity contribution is 7.89. The molecule has 0 saturated heterocycles. The molecule has 0 saturated carbocycles. The summed E-state index contributed by atoms with van der Waals surface area (Å²) in [4.78, 5) is 11.9. The molecule has 0 bridgehead atoms. The van der Waals surface area contributed by atoms with Gasteiger partial charge in [0.05, 0.1) is 17.1 Å². The van der Waals surface area contributed by atoms with Crippen molar-refractivity contribution >= 4 is 16.0 Å². The summed E-state index contributed by atoms with van der Waals surface area (Å²) >= 11 is 0. The van der Waals surface area contributed by atoms with Crippen molar-refractivity contribution in [2.45, 2.75) is 32.6 Å². The lowest BCUT2D eigenvalue weighted by Gasteiger charge is -2.29. The topological polar surface area (TPSA) is 89.7 Å². The van der Waals surface area contributed by atoms with Gasteiger partial charge in [-0.3, -0.25) is 0 Å². The van der Waals surface area contributed by atoms with Crippen LogP contribution in [-0.2, 0) is 14.8 Å². The highest BCUT2D eigenvalue weighted by atomic mass is 32.2. The average Bonchev–Trinajstić information content (AvgIpc) is 2.47. The Bertz CT molecular complexity index is 669. The van der Waals surface area contributed by atoms with Crippen LogP contribution < -0.4 is 5.73 Å². The largest absolute Gasteiger partial charge is 0.462 e. The Labute approximate surface area is 138 Å². The van der Waals surface area contributed by atoms with E-state index in [2.05, 4.69) is 0 Å². The van der Waals surface area contributed by atoms with Crippen LogP contribution in [0.1, 0.15) is 36.7 Å². The minimum Gasteiger partial charge on any atom is -0.462 e. The maximum absolute atomic E-state index is 12.8. The molecule has 1 aromatic carbocycles. The van der Waals surface area contributed by atoms with Gasteiger partial charge in [0.2, 0.25) is 10.0 Å². The predicted octanol–water partition coefficient (Wildman–Crippen LogP) is 1.78. The molecule has 0 unspecified atom stereocenters. The van der Waals surface area contributed by atoms with Crippen LogP contribution in [0.15, 0.2) is 23.1 Å². The standard InChI is InChI=1S/C16H26N2O4S/c1-6-22-15(19)13-8-7-12(2)14(9-13)23(20,21)18(5)11-16(3,4)10-17/h7-9H,6,10-11,17H2,1-5H3. The molecule has 1 aromatic rings. The molecular formula is C16H26N2O4S. The zero-order valence-electron chi connectivity index (χ0n) is 14.4. The molecule has 0 fully saturated rings. The maximum Gasteiger partial charge on any atom is 0.338 e. The Balaban J connectivity index is 3.22. The molecule has 0 spiro atoms. The lowest BCUT2D eigenvalue weighted by molar-refractivity contribution is 0.0526. The lowest BCUT2D eigenvalue weighted by atomic mass is 9.94. The number of hydrogen-bond donors (Lipinski definition) is 1. The van der Waals surface area contributed by atoms with E-state index in [-0.39, 0.29) is 29.0 Å². The van der Waals surface area contributed by atoms with Crippen LogP contribution in [0.5, 0.6) is 0 Å². The molecule has 0 radical (unpaired) electrons. The van der Waals surface area contributed by atoms with E-state index >= 15 is 0 Å². The maximum atomic E-state index is 12.8. The fourth-order valence-electron chi connectivity index (χ4n) is 2.14. The summed E-state index contributed by atoms with van der Waals surface area (Å²) in [5.41, 5.74) is 6.15. The third-order valence-electron chi connectivity index (χ3n) is 3.59. The molecule has 2 N–H and O–H groups in total. The van der Waals surface area contributed by atoms with Crippen molar-refractivity contribution in [1.29, 1.82) is 0 Å². The molecule has 6 nitrogen and oxygen atoms in total. The molecule has 0 atom stereocenters.